The summed E-state index contributed by atoms with van der Waals surface area (Å²) in [5, 5.41) is 3.40. The third-order valence-corrected chi connectivity index (χ3v) is 4.92. The Morgan fingerprint density at radius 2 is 1.88 bits per heavy atom. The maximum Gasteiger partial charge on any atom is 0.309 e. The topological polar surface area (TPSA) is 66.4 Å². The van der Waals surface area contributed by atoms with Crippen molar-refractivity contribution in [2.24, 2.45) is 10.9 Å². The van der Waals surface area contributed by atoms with Crippen molar-refractivity contribution in [2.75, 3.05) is 59.1 Å². The predicted molar refractivity (Wildman–Crippen MR) is 114 cm³/mol. The number of carbonyl (C=O) groups excluding carboxylic acids is 1. The zero-order chi connectivity index (χ0) is 18.1. The molecule has 0 aromatic heterocycles. The molecule has 152 valence electrons. The highest BCUT2D eigenvalue weighted by Crippen LogP contribution is 2.19. The third-order valence-electron chi connectivity index (χ3n) is 4.92. The molecule has 1 atom stereocenters. The van der Waals surface area contributed by atoms with E-state index in [0.717, 1.165) is 71.3 Å². The van der Waals surface area contributed by atoms with Crippen LogP contribution in [0.15, 0.2) is 4.99 Å². The zero-order valence-electron chi connectivity index (χ0n) is 16.4. The number of likely N-dealkylation sites (tertiary alicyclic amines) is 1. The lowest BCUT2D eigenvalue weighted by molar-refractivity contribution is -0.149. The quantitative estimate of drug-likeness (QED) is 0.269. The van der Waals surface area contributed by atoms with Gasteiger partial charge in [-0.2, -0.15) is 0 Å². The summed E-state index contributed by atoms with van der Waals surface area (Å²) in [7, 11) is 0. The Bertz CT molecular complexity index is 436. The number of esters is 1. The minimum atomic E-state index is -0.0509. The molecule has 0 amide bonds. The van der Waals surface area contributed by atoms with E-state index in [2.05, 4.69) is 29.0 Å². The smallest absolute Gasteiger partial charge is 0.309 e. The third kappa shape index (κ3) is 7.19. The highest BCUT2D eigenvalue weighted by molar-refractivity contribution is 14.0. The second-order valence-corrected chi connectivity index (χ2v) is 6.71. The number of hydrogen-bond donors (Lipinski definition) is 1. The van der Waals surface area contributed by atoms with Crippen molar-refractivity contribution in [3.05, 3.63) is 0 Å². The van der Waals surface area contributed by atoms with E-state index in [9.17, 15) is 4.79 Å². The number of nitrogens with one attached hydrogen (secondary N) is 1. The Morgan fingerprint density at radius 3 is 2.46 bits per heavy atom. The largest absolute Gasteiger partial charge is 0.466 e. The number of guanidine groups is 1. The van der Waals surface area contributed by atoms with Crippen molar-refractivity contribution in [3.8, 4) is 0 Å². The number of ether oxygens (including phenoxy) is 2. The first kappa shape index (κ1) is 23.4. The molecule has 7 nitrogen and oxygen atoms in total. The van der Waals surface area contributed by atoms with Crippen LogP contribution in [0.4, 0.5) is 0 Å². The Morgan fingerprint density at radius 1 is 1.23 bits per heavy atom. The van der Waals surface area contributed by atoms with E-state index < -0.39 is 0 Å². The number of nitrogens with zero attached hydrogens (tertiary/aromatic N) is 3. The molecule has 2 fully saturated rings. The summed E-state index contributed by atoms with van der Waals surface area (Å²) in [5.74, 6) is 0.946. The van der Waals surface area contributed by atoms with E-state index >= 15 is 0 Å². The standard InChI is InChI=1S/C18H34N4O3.HI/c1-4-19-18(20-14-15(3)21-10-12-24-13-11-21)22-8-6-16(7-9-22)17(23)25-5-2;/h15-16H,4-14H2,1-3H3,(H,19,20);1H. The molecule has 2 aliphatic rings. The van der Waals surface area contributed by atoms with Crippen LogP contribution in [0.2, 0.25) is 0 Å². The second kappa shape index (κ2) is 12.7. The van der Waals surface area contributed by atoms with Gasteiger partial charge >= 0.3 is 5.97 Å². The molecule has 0 aliphatic carbocycles. The molecule has 0 radical (unpaired) electrons. The van der Waals surface area contributed by atoms with Gasteiger partial charge in [0.05, 0.1) is 32.3 Å². The summed E-state index contributed by atoms with van der Waals surface area (Å²) in [6, 6.07) is 0.412. The predicted octanol–water partition coefficient (Wildman–Crippen LogP) is 1.57. The van der Waals surface area contributed by atoms with Gasteiger partial charge in [-0.05, 0) is 33.6 Å². The minimum absolute atomic E-state index is 0. The molecular weight excluding hydrogens is 447 g/mol. The molecule has 0 bridgehead atoms. The highest BCUT2D eigenvalue weighted by atomic mass is 127. The molecule has 0 aromatic carbocycles. The van der Waals surface area contributed by atoms with E-state index in [4.69, 9.17) is 14.5 Å². The molecular formula is C18H35IN4O3. The maximum atomic E-state index is 11.9. The van der Waals surface area contributed by atoms with Gasteiger partial charge in [-0.25, -0.2) is 0 Å². The average Bonchev–Trinajstić information content (AvgIpc) is 2.66. The van der Waals surface area contributed by atoms with Crippen LogP contribution in [-0.2, 0) is 14.3 Å². The lowest BCUT2D eigenvalue weighted by Gasteiger charge is -2.34. The molecule has 2 saturated heterocycles. The van der Waals surface area contributed by atoms with E-state index in [-0.39, 0.29) is 35.9 Å². The first-order valence-electron chi connectivity index (χ1n) is 9.67. The van der Waals surface area contributed by atoms with Gasteiger partial charge in [0.1, 0.15) is 0 Å². The molecule has 2 heterocycles. The molecule has 2 aliphatic heterocycles. The number of rotatable bonds is 6. The van der Waals surface area contributed by atoms with Crippen molar-refractivity contribution < 1.29 is 14.3 Å². The van der Waals surface area contributed by atoms with Crippen LogP contribution in [-0.4, -0.2) is 86.9 Å². The highest BCUT2D eigenvalue weighted by Gasteiger charge is 2.27. The van der Waals surface area contributed by atoms with Gasteiger partial charge in [0, 0.05) is 38.8 Å². The van der Waals surface area contributed by atoms with Crippen LogP contribution in [0.25, 0.3) is 0 Å². The fourth-order valence-electron chi connectivity index (χ4n) is 3.37. The van der Waals surface area contributed by atoms with E-state index in [1.165, 1.54) is 0 Å². The summed E-state index contributed by atoms with van der Waals surface area (Å²) in [6.07, 6.45) is 1.67. The SMILES string of the molecule is CCNC(=NCC(C)N1CCOCC1)N1CCC(C(=O)OCC)CC1.I. The average molecular weight is 482 g/mol. The molecule has 8 heteroatoms. The van der Waals surface area contributed by atoms with Crippen molar-refractivity contribution in [3.63, 3.8) is 0 Å². The normalized spacial score (nSPS) is 21.0. The first-order valence-corrected chi connectivity index (χ1v) is 9.67. The van der Waals surface area contributed by atoms with E-state index in [0.29, 0.717) is 12.6 Å². The van der Waals surface area contributed by atoms with Crippen LogP contribution in [0, 0.1) is 5.92 Å². The van der Waals surface area contributed by atoms with Gasteiger partial charge in [0.25, 0.3) is 0 Å². The minimum Gasteiger partial charge on any atom is -0.466 e. The molecule has 1 N–H and O–H groups in total. The van der Waals surface area contributed by atoms with E-state index in [1.807, 2.05) is 6.92 Å². The molecule has 2 rings (SSSR count). The summed E-state index contributed by atoms with van der Waals surface area (Å²) < 4.78 is 10.6. The fourth-order valence-corrected chi connectivity index (χ4v) is 3.37. The van der Waals surface area contributed by atoms with E-state index in [1.54, 1.807) is 0 Å². The van der Waals surface area contributed by atoms with Gasteiger partial charge in [0.15, 0.2) is 5.96 Å². The first-order chi connectivity index (χ1) is 12.2. The monoisotopic (exact) mass is 482 g/mol. The molecule has 26 heavy (non-hydrogen) atoms. The molecule has 0 saturated carbocycles. The second-order valence-electron chi connectivity index (χ2n) is 6.71. The lowest BCUT2D eigenvalue weighted by atomic mass is 9.97. The van der Waals surface area contributed by atoms with Crippen molar-refractivity contribution in [1.29, 1.82) is 0 Å². The number of piperidine rings is 1. The van der Waals surface area contributed by atoms with Gasteiger partial charge in [-0.1, -0.05) is 0 Å². The van der Waals surface area contributed by atoms with Crippen LogP contribution >= 0.6 is 24.0 Å². The van der Waals surface area contributed by atoms with Crippen molar-refractivity contribution in [2.45, 2.75) is 39.7 Å². The van der Waals surface area contributed by atoms with Gasteiger partial charge in [-0.15, -0.1) is 24.0 Å². The van der Waals surface area contributed by atoms with Gasteiger partial charge in [-0.3, -0.25) is 14.7 Å². The van der Waals surface area contributed by atoms with Gasteiger partial charge in [0.2, 0.25) is 0 Å². The fraction of sp³-hybridized carbons (Fsp3) is 0.889. The number of carbonyl (C=O) groups is 1. The lowest BCUT2D eigenvalue weighted by Crippen LogP contribution is -2.48. The number of hydrogen-bond acceptors (Lipinski definition) is 5. The van der Waals surface area contributed by atoms with Crippen molar-refractivity contribution in [1.82, 2.24) is 15.1 Å². The molecule has 0 spiro atoms. The maximum absolute atomic E-state index is 11.9. The number of aliphatic imine (C=N–C) groups is 1. The Balaban J connectivity index is 0.00000338. The molecule has 0 aromatic rings. The van der Waals surface area contributed by atoms with Crippen LogP contribution < -0.4 is 5.32 Å². The summed E-state index contributed by atoms with van der Waals surface area (Å²) >= 11 is 0. The number of halogens is 1. The van der Waals surface area contributed by atoms with Crippen LogP contribution in [0.5, 0.6) is 0 Å². The zero-order valence-corrected chi connectivity index (χ0v) is 18.7. The summed E-state index contributed by atoms with van der Waals surface area (Å²) in [4.78, 5) is 21.4. The Labute approximate surface area is 174 Å². The summed E-state index contributed by atoms with van der Waals surface area (Å²) in [5.41, 5.74) is 0. The van der Waals surface area contributed by atoms with Crippen molar-refractivity contribution >= 4 is 35.9 Å². The molecule has 1 unspecified atom stereocenters. The Hall–Kier alpha value is -0.610. The van der Waals surface area contributed by atoms with Crippen LogP contribution in [0.3, 0.4) is 0 Å². The Kier molecular flexibility index (Phi) is 11.5. The van der Waals surface area contributed by atoms with Gasteiger partial charge < -0.3 is 19.7 Å². The van der Waals surface area contributed by atoms with Crippen LogP contribution in [0.1, 0.15) is 33.6 Å². The number of morpholine rings is 1. The summed E-state index contributed by atoms with van der Waals surface area (Å²) in [6.45, 7) is 13.6.